The number of carbonyl (C=O) groups excluding carboxylic acids is 2. The summed E-state index contributed by atoms with van der Waals surface area (Å²) in [4.78, 5) is 48.3. The molecule has 0 radical (unpaired) electrons. The molecule has 0 N–H and O–H groups in total. The van der Waals surface area contributed by atoms with Gasteiger partial charge in [0.2, 0.25) is 0 Å². The quantitative estimate of drug-likeness (QED) is 0.347. The maximum Gasteiger partial charge on any atom is 0.338 e. The number of halogens is 2. The van der Waals surface area contributed by atoms with Gasteiger partial charge < -0.3 is 14.4 Å². The van der Waals surface area contributed by atoms with Crippen molar-refractivity contribution in [3.63, 3.8) is 0 Å². The first-order valence-corrected chi connectivity index (χ1v) is 14.9. The molecule has 2 aromatic carbocycles. The third-order valence-corrected chi connectivity index (χ3v) is 8.66. The van der Waals surface area contributed by atoms with Crippen LogP contribution in [0.3, 0.4) is 0 Å². The first-order chi connectivity index (χ1) is 19.2. The van der Waals surface area contributed by atoms with Crippen molar-refractivity contribution in [3.05, 3.63) is 88.0 Å². The van der Waals surface area contributed by atoms with Crippen molar-refractivity contribution in [1.82, 2.24) is 4.57 Å². The number of carbonyl (C=O) groups is 2. The summed E-state index contributed by atoms with van der Waals surface area (Å²) < 4.78 is 13.6. The number of anilines is 1. The number of nitrogens with zero attached hydrogens (tertiary/aromatic N) is 3. The van der Waals surface area contributed by atoms with E-state index in [4.69, 9.17) is 26.1 Å². The Hall–Kier alpha value is -3.21. The van der Waals surface area contributed by atoms with Gasteiger partial charge in [-0.3, -0.25) is 14.2 Å². The molecule has 0 unspecified atom stereocenters. The van der Waals surface area contributed by atoms with Crippen LogP contribution in [0.2, 0.25) is 5.02 Å². The normalized spacial score (nSPS) is 17.5. The van der Waals surface area contributed by atoms with Crippen LogP contribution in [0, 0.1) is 0 Å². The van der Waals surface area contributed by atoms with Crippen LogP contribution in [0.25, 0.3) is 5.57 Å². The van der Waals surface area contributed by atoms with Gasteiger partial charge in [-0.1, -0.05) is 52.2 Å². The number of ether oxygens (including phenoxy) is 2. The second-order valence-corrected chi connectivity index (χ2v) is 11.5. The number of rotatable bonds is 7. The van der Waals surface area contributed by atoms with Crippen LogP contribution >= 0.6 is 38.9 Å². The summed E-state index contributed by atoms with van der Waals surface area (Å²) in [5, 5.41) is 0.418. The molecular formula is C29H27BrClN3O5S. The van der Waals surface area contributed by atoms with Crippen molar-refractivity contribution in [3.8, 4) is 5.75 Å². The molecule has 0 saturated carbocycles. The Kier molecular flexibility index (Phi) is 8.03. The first kappa shape index (κ1) is 28.3. The SMILES string of the molecule is CCCC1=C(C(=O)OCC)[C@@H](c2cc(Cl)ccc2OC)n2c(s/c(=C3\C(=O)N(CC)c4ccc(Br)cc43)c2=O)=N1. The van der Waals surface area contributed by atoms with Crippen LogP contribution in [0.4, 0.5) is 5.69 Å². The topological polar surface area (TPSA) is 90.2 Å². The van der Waals surface area contributed by atoms with Crippen molar-refractivity contribution < 1.29 is 19.1 Å². The van der Waals surface area contributed by atoms with Crippen LogP contribution in [0.5, 0.6) is 5.75 Å². The van der Waals surface area contributed by atoms with E-state index in [2.05, 4.69) is 15.9 Å². The van der Waals surface area contributed by atoms with Crippen molar-refractivity contribution in [1.29, 1.82) is 0 Å². The van der Waals surface area contributed by atoms with Crippen molar-refractivity contribution in [2.24, 2.45) is 4.99 Å². The molecule has 40 heavy (non-hydrogen) atoms. The third kappa shape index (κ3) is 4.61. The molecule has 0 bridgehead atoms. The summed E-state index contributed by atoms with van der Waals surface area (Å²) >= 11 is 11.1. The highest BCUT2D eigenvalue weighted by atomic mass is 79.9. The number of aromatic nitrogens is 1. The zero-order valence-electron chi connectivity index (χ0n) is 22.4. The van der Waals surface area contributed by atoms with Gasteiger partial charge in [0.05, 0.1) is 36.2 Å². The van der Waals surface area contributed by atoms with Crippen LogP contribution < -0.4 is 24.5 Å². The lowest BCUT2D eigenvalue weighted by Gasteiger charge is -2.27. The van der Waals surface area contributed by atoms with Crippen molar-refractivity contribution in [2.75, 3.05) is 25.2 Å². The fourth-order valence-electron chi connectivity index (χ4n) is 5.22. The molecular weight excluding hydrogens is 618 g/mol. The zero-order valence-corrected chi connectivity index (χ0v) is 25.6. The van der Waals surface area contributed by atoms with E-state index >= 15 is 0 Å². The standard InChI is InChI=1S/C29H27BrClN3O5S/c1-5-8-19-23(28(37)39-7-3)24(18-14-16(31)10-12-21(18)38-4)34-27(36)25(40-29(34)32-19)22-17-13-15(30)9-11-20(17)33(6-2)26(22)35/h9-14,24H,5-8H2,1-4H3/b25-22-/t24-/m1/s1. The van der Waals surface area contributed by atoms with Gasteiger partial charge >= 0.3 is 5.97 Å². The van der Waals surface area contributed by atoms with Gasteiger partial charge in [0.15, 0.2) is 4.80 Å². The molecule has 208 valence electrons. The molecule has 1 atom stereocenters. The van der Waals surface area contributed by atoms with E-state index < -0.39 is 17.6 Å². The lowest BCUT2D eigenvalue weighted by molar-refractivity contribution is -0.139. The predicted octanol–water partition coefficient (Wildman–Crippen LogP) is 4.74. The molecule has 8 nitrogen and oxygen atoms in total. The number of methoxy groups -OCH3 is 1. The average Bonchev–Trinajstić information content (AvgIpc) is 3.39. The molecule has 3 aromatic rings. The fraction of sp³-hybridized carbons (Fsp3) is 0.310. The second kappa shape index (κ2) is 11.3. The number of hydrogen-bond donors (Lipinski definition) is 0. The summed E-state index contributed by atoms with van der Waals surface area (Å²) in [6.07, 6.45) is 1.20. The van der Waals surface area contributed by atoms with Crippen LogP contribution in [0.1, 0.15) is 50.8 Å². The van der Waals surface area contributed by atoms with Crippen molar-refractivity contribution >= 4 is 62.0 Å². The highest BCUT2D eigenvalue weighted by Gasteiger charge is 2.38. The minimum Gasteiger partial charge on any atom is -0.496 e. The monoisotopic (exact) mass is 643 g/mol. The zero-order chi connectivity index (χ0) is 28.7. The molecule has 0 saturated heterocycles. The number of amides is 1. The van der Waals surface area contributed by atoms with E-state index in [1.807, 2.05) is 32.0 Å². The summed E-state index contributed by atoms with van der Waals surface area (Å²) in [5.74, 6) is -0.366. The van der Waals surface area contributed by atoms with E-state index in [0.717, 1.165) is 21.5 Å². The molecule has 2 aliphatic rings. The number of likely N-dealkylation sites (N-methyl/N-ethyl adjacent to an activating group) is 1. The third-order valence-electron chi connectivity index (χ3n) is 6.88. The molecule has 0 fully saturated rings. The second-order valence-electron chi connectivity index (χ2n) is 9.21. The number of benzene rings is 2. The number of esters is 1. The lowest BCUT2D eigenvalue weighted by Crippen LogP contribution is -2.41. The molecule has 3 heterocycles. The van der Waals surface area contributed by atoms with Gasteiger partial charge in [-0.2, -0.15) is 0 Å². The Morgan fingerprint density at radius 2 is 1.93 bits per heavy atom. The van der Waals surface area contributed by atoms with E-state index in [1.54, 1.807) is 30.0 Å². The van der Waals surface area contributed by atoms with Gasteiger partial charge in [0, 0.05) is 27.2 Å². The van der Waals surface area contributed by atoms with E-state index in [-0.39, 0.29) is 22.6 Å². The van der Waals surface area contributed by atoms with Gasteiger partial charge in [-0.15, -0.1) is 0 Å². The first-order valence-electron chi connectivity index (χ1n) is 12.9. The molecule has 1 amide bonds. The van der Waals surface area contributed by atoms with E-state index in [1.165, 1.54) is 11.7 Å². The van der Waals surface area contributed by atoms with Crippen LogP contribution in [-0.4, -0.2) is 36.7 Å². The smallest absolute Gasteiger partial charge is 0.338 e. The highest BCUT2D eigenvalue weighted by Crippen LogP contribution is 2.39. The molecule has 11 heteroatoms. The maximum absolute atomic E-state index is 14.4. The molecule has 0 aliphatic carbocycles. The van der Waals surface area contributed by atoms with Gasteiger partial charge in [-0.25, -0.2) is 9.79 Å². The predicted molar refractivity (Wildman–Crippen MR) is 159 cm³/mol. The van der Waals surface area contributed by atoms with Crippen LogP contribution in [-0.2, 0) is 14.3 Å². The Balaban J connectivity index is 1.90. The maximum atomic E-state index is 14.4. The molecule has 2 aliphatic heterocycles. The molecule has 0 spiro atoms. The fourth-order valence-corrected chi connectivity index (χ4v) is 6.87. The Bertz CT molecular complexity index is 1760. The summed E-state index contributed by atoms with van der Waals surface area (Å²) in [5.41, 5.74) is 2.60. The number of thiazole rings is 1. The Labute approximate surface area is 248 Å². The van der Waals surface area contributed by atoms with Crippen molar-refractivity contribution in [2.45, 2.75) is 39.7 Å². The highest BCUT2D eigenvalue weighted by molar-refractivity contribution is 9.10. The van der Waals surface area contributed by atoms with Gasteiger partial charge in [0.1, 0.15) is 16.3 Å². The van der Waals surface area contributed by atoms with E-state index in [9.17, 15) is 14.4 Å². The minimum atomic E-state index is -0.916. The lowest BCUT2D eigenvalue weighted by atomic mass is 9.93. The Morgan fingerprint density at radius 3 is 2.60 bits per heavy atom. The Morgan fingerprint density at radius 1 is 1.15 bits per heavy atom. The number of allylic oxidation sites excluding steroid dienone is 1. The summed E-state index contributed by atoms with van der Waals surface area (Å²) in [6, 6.07) is 9.73. The van der Waals surface area contributed by atoms with Gasteiger partial charge in [-0.05, 0) is 56.7 Å². The minimum absolute atomic E-state index is 0.155. The average molecular weight is 645 g/mol. The molecule has 5 rings (SSSR count). The van der Waals surface area contributed by atoms with E-state index in [0.29, 0.717) is 57.4 Å². The summed E-state index contributed by atoms with van der Waals surface area (Å²) in [7, 11) is 1.52. The summed E-state index contributed by atoms with van der Waals surface area (Å²) in [6.45, 7) is 6.21. The number of fused-ring (bicyclic) bond motifs is 2. The largest absolute Gasteiger partial charge is 0.496 e. The van der Waals surface area contributed by atoms with Crippen LogP contribution in [0.15, 0.2) is 61.9 Å². The molecule has 1 aromatic heterocycles. The van der Waals surface area contributed by atoms with Gasteiger partial charge in [0.25, 0.3) is 11.5 Å². The number of hydrogen-bond acceptors (Lipinski definition) is 7.